The highest BCUT2D eigenvalue weighted by Gasteiger charge is 2.51. The monoisotopic (exact) mass is 414 g/mol. The van der Waals surface area contributed by atoms with Gasteiger partial charge in [-0.1, -0.05) is 12.1 Å². The second-order valence-electron chi connectivity index (χ2n) is 7.43. The summed E-state index contributed by atoms with van der Waals surface area (Å²) < 4.78 is 65.4. The lowest BCUT2D eigenvalue weighted by Gasteiger charge is -2.50. The van der Waals surface area contributed by atoms with E-state index < -0.39 is 23.7 Å². The Labute approximate surface area is 161 Å². The Hall–Kier alpha value is -0.960. The fraction of sp³-hybridized carbons (Fsp3) is 0.667. The molecule has 3 rings (SSSR count). The third-order valence-corrected chi connectivity index (χ3v) is 5.37. The Bertz CT molecular complexity index is 617. The van der Waals surface area contributed by atoms with Crippen molar-refractivity contribution in [2.75, 3.05) is 19.7 Å². The van der Waals surface area contributed by atoms with E-state index in [1.54, 1.807) is 0 Å². The molecule has 1 aromatic rings. The number of nitrogens with zero attached hydrogens (tertiary/aromatic N) is 1. The lowest BCUT2D eigenvalue weighted by Crippen LogP contribution is -2.60. The SMILES string of the molecule is C[C@H]1CN(C(c2ccc(C(F)(F)F)cc2)C2CC(F)(F)C2)[C@H](CO)CN1.Cl. The highest BCUT2D eigenvalue weighted by molar-refractivity contribution is 5.85. The Kier molecular flexibility index (Phi) is 6.77. The number of halogens is 6. The predicted octanol–water partition coefficient (Wildman–Crippen LogP) is 3.87. The van der Waals surface area contributed by atoms with Crippen molar-refractivity contribution in [2.24, 2.45) is 5.92 Å². The van der Waals surface area contributed by atoms with Gasteiger partial charge in [0.1, 0.15) is 0 Å². The molecule has 2 aliphatic rings. The minimum absolute atomic E-state index is 0. The number of benzene rings is 1. The van der Waals surface area contributed by atoms with Gasteiger partial charge < -0.3 is 10.4 Å². The van der Waals surface area contributed by atoms with Crippen LogP contribution in [0.15, 0.2) is 24.3 Å². The van der Waals surface area contributed by atoms with Gasteiger partial charge in [-0.15, -0.1) is 12.4 Å². The molecule has 0 bridgehead atoms. The smallest absolute Gasteiger partial charge is 0.395 e. The standard InChI is InChI=1S/C18H23F5N2O.ClH/c1-11-9-25(15(10-26)8-24-11)16(13-6-17(19,20)7-13)12-2-4-14(5-3-12)18(21,22)23;/h2-5,11,13,15-16,24,26H,6-10H2,1H3;1H/t11-,15-,16?;/m0./s1. The molecule has 0 amide bonds. The summed E-state index contributed by atoms with van der Waals surface area (Å²) in [6.07, 6.45) is -5.00. The van der Waals surface area contributed by atoms with Crippen LogP contribution in [0.4, 0.5) is 22.0 Å². The van der Waals surface area contributed by atoms with Gasteiger partial charge in [0.05, 0.1) is 12.2 Å². The first kappa shape index (κ1) is 22.3. The molecule has 1 aliphatic carbocycles. The molecule has 3 atom stereocenters. The van der Waals surface area contributed by atoms with Crippen molar-refractivity contribution in [2.45, 2.75) is 50.0 Å². The predicted molar refractivity (Wildman–Crippen MR) is 94.1 cm³/mol. The van der Waals surface area contributed by atoms with Crippen LogP contribution < -0.4 is 5.32 Å². The Morgan fingerprint density at radius 3 is 2.30 bits per heavy atom. The first-order valence-electron chi connectivity index (χ1n) is 8.76. The minimum Gasteiger partial charge on any atom is -0.395 e. The zero-order chi connectivity index (χ0) is 19.1. The highest BCUT2D eigenvalue weighted by Crippen LogP contribution is 2.51. The van der Waals surface area contributed by atoms with Crippen LogP contribution in [0.5, 0.6) is 0 Å². The molecule has 1 unspecified atom stereocenters. The van der Waals surface area contributed by atoms with E-state index in [2.05, 4.69) is 5.32 Å². The van der Waals surface area contributed by atoms with Gasteiger partial charge in [0.15, 0.2) is 0 Å². The van der Waals surface area contributed by atoms with E-state index >= 15 is 0 Å². The topological polar surface area (TPSA) is 35.5 Å². The fourth-order valence-corrected chi connectivity index (χ4v) is 4.03. The van der Waals surface area contributed by atoms with E-state index in [0.29, 0.717) is 18.7 Å². The van der Waals surface area contributed by atoms with Crippen LogP contribution in [0, 0.1) is 5.92 Å². The fourth-order valence-electron chi connectivity index (χ4n) is 4.03. The lowest BCUT2D eigenvalue weighted by atomic mass is 9.73. The second-order valence-corrected chi connectivity index (χ2v) is 7.43. The highest BCUT2D eigenvalue weighted by atomic mass is 35.5. The van der Waals surface area contributed by atoms with E-state index in [1.807, 2.05) is 11.8 Å². The van der Waals surface area contributed by atoms with Crippen LogP contribution in [-0.2, 0) is 6.18 Å². The van der Waals surface area contributed by atoms with Crippen LogP contribution in [-0.4, -0.2) is 47.7 Å². The molecule has 1 aromatic carbocycles. The maximum Gasteiger partial charge on any atom is 0.416 e. The zero-order valence-electron chi connectivity index (χ0n) is 14.8. The van der Waals surface area contributed by atoms with Crippen LogP contribution in [0.1, 0.15) is 36.9 Å². The number of aliphatic hydroxyl groups is 1. The van der Waals surface area contributed by atoms with Crippen molar-refractivity contribution < 1.29 is 27.1 Å². The van der Waals surface area contributed by atoms with E-state index in [-0.39, 0.29) is 49.9 Å². The number of nitrogens with one attached hydrogen (secondary N) is 1. The summed E-state index contributed by atoms with van der Waals surface area (Å²) in [5, 5.41) is 12.9. The molecule has 2 fully saturated rings. The first-order valence-corrected chi connectivity index (χ1v) is 8.76. The van der Waals surface area contributed by atoms with E-state index in [0.717, 1.165) is 12.1 Å². The summed E-state index contributed by atoms with van der Waals surface area (Å²) in [5.41, 5.74) is -0.169. The first-order chi connectivity index (χ1) is 12.1. The van der Waals surface area contributed by atoms with Crippen LogP contribution in [0.25, 0.3) is 0 Å². The van der Waals surface area contributed by atoms with Gasteiger partial charge in [0.2, 0.25) is 5.92 Å². The molecular weight excluding hydrogens is 391 g/mol. The summed E-state index contributed by atoms with van der Waals surface area (Å²) in [5.74, 6) is -3.07. The Morgan fingerprint density at radius 1 is 1.22 bits per heavy atom. The van der Waals surface area contributed by atoms with Gasteiger partial charge in [-0.05, 0) is 30.5 Å². The summed E-state index contributed by atoms with van der Waals surface area (Å²) in [4.78, 5) is 1.98. The third-order valence-electron chi connectivity index (χ3n) is 5.37. The van der Waals surface area contributed by atoms with Crippen LogP contribution >= 0.6 is 12.4 Å². The van der Waals surface area contributed by atoms with Crippen molar-refractivity contribution in [3.05, 3.63) is 35.4 Å². The summed E-state index contributed by atoms with van der Waals surface area (Å²) >= 11 is 0. The van der Waals surface area contributed by atoms with Crippen molar-refractivity contribution in [1.82, 2.24) is 10.2 Å². The van der Waals surface area contributed by atoms with E-state index in [4.69, 9.17) is 0 Å². The summed E-state index contributed by atoms with van der Waals surface area (Å²) in [6, 6.07) is 4.18. The summed E-state index contributed by atoms with van der Waals surface area (Å²) in [7, 11) is 0. The van der Waals surface area contributed by atoms with Crippen molar-refractivity contribution in [3.63, 3.8) is 0 Å². The second kappa shape index (κ2) is 8.19. The molecule has 1 saturated carbocycles. The lowest BCUT2D eigenvalue weighted by molar-refractivity contribution is -0.140. The van der Waals surface area contributed by atoms with Crippen LogP contribution in [0.3, 0.4) is 0 Å². The van der Waals surface area contributed by atoms with Crippen molar-refractivity contribution in [3.8, 4) is 0 Å². The number of hydrogen-bond acceptors (Lipinski definition) is 3. The molecule has 154 valence electrons. The number of hydrogen-bond donors (Lipinski definition) is 2. The Morgan fingerprint density at radius 2 is 1.81 bits per heavy atom. The normalized spacial score (nSPS) is 27.5. The maximum atomic E-state index is 13.5. The van der Waals surface area contributed by atoms with Gasteiger partial charge in [0.25, 0.3) is 0 Å². The molecular formula is C18H24ClF5N2O. The third kappa shape index (κ3) is 4.91. The Balaban J connectivity index is 0.00000261. The van der Waals surface area contributed by atoms with Gasteiger partial charge in [-0.25, -0.2) is 8.78 Å². The number of aliphatic hydroxyl groups excluding tert-OH is 1. The molecule has 2 N–H and O–H groups in total. The van der Waals surface area contributed by atoms with Crippen LogP contribution in [0.2, 0.25) is 0 Å². The number of alkyl halides is 5. The van der Waals surface area contributed by atoms with Gasteiger partial charge in [-0.2, -0.15) is 13.2 Å². The average molecular weight is 415 g/mol. The maximum absolute atomic E-state index is 13.5. The molecule has 0 radical (unpaired) electrons. The van der Waals surface area contributed by atoms with E-state index in [9.17, 15) is 27.1 Å². The zero-order valence-corrected chi connectivity index (χ0v) is 15.7. The average Bonchev–Trinajstić information content (AvgIpc) is 2.53. The molecule has 1 saturated heterocycles. The largest absolute Gasteiger partial charge is 0.416 e. The quantitative estimate of drug-likeness (QED) is 0.734. The van der Waals surface area contributed by atoms with E-state index in [1.165, 1.54) is 12.1 Å². The molecule has 9 heteroatoms. The number of piperazine rings is 1. The number of rotatable bonds is 4. The van der Waals surface area contributed by atoms with Gasteiger partial charge >= 0.3 is 6.18 Å². The van der Waals surface area contributed by atoms with Crippen molar-refractivity contribution in [1.29, 1.82) is 0 Å². The molecule has 0 aromatic heterocycles. The molecule has 27 heavy (non-hydrogen) atoms. The van der Waals surface area contributed by atoms with Gasteiger partial charge in [0, 0.05) is 44.1 Å². The molecule has 0 spiro atoms. The molecule has 1 heterocycles. The van der Waals surface area contributed by atoms with Crippen molar-refractivity contribution >= 4 is 12.4 Å². The summed E-state index contributed by atoms with van der Waals surface area (Å²) in [6.45, 7) is 2.87. The van der Waals surface area contributed by atoms with Gasteiger partial charge in [-0.3, -0.25) is 4.90 Å². The molecule has 3 nitrogen and oxygen atoms in total. The molecule has 1 aliphatic heterocycles. The minimum atomic E-state index is -4.44.